The number of benzene rings is 1. The number of nitrogens with zero attached hydrogens (tertiary/aromatic N) is 1. The van der Waals surface area contributed by atoms with Gasteiger partial charge in [0.15, 0.2) is 0 Å². The Morgan fingerprint density at radius 3 is 2.89 bits per heavy atom. The van der Waals surface area contributed by atoms with Crippen LogP contribution < -0.4 is 16.4 Å². The molecule has 4 atom stereocenters. The Morgan fingerprint density at radius 1 is 1.18 bits per heavy atom. The zero-order chi connectivity index (χ0) is 19.5. The average Bonchev–Trinajstić information content (AvgIpc) is 3.29. The molecule has 2 aromatic rings. The largest absolute Gasteiger partial charge is 0.384 e. The Morgan fingerprint density at radius 2 is 2.07 bits per heavy atom. The van der Waals surface area contributed by atoms with Gasteiger partial charge < -0.3 is 21.1 Å². The van der Waals surface area contributed by atoms with Gasteiger partial charge in [-0.15, -0.1) is 0 Å². The molecule has 2 aliphatic rings. The van der Waals surface area contributed by atoms with Gasteiger partial charge in [-0.25, -0.2) is 4.98 Å². The molecule has 1 aliphatic carbocycles. The second kappa shape index (κ2) is 8.60. The first-order valence-electron chi connectivity index (χ1n) is 10.4. The summed E-state index contributed by atoms with van der Waals surface area (Å²) in [6, 6.07) is 13.5. The smallest absolute Gasteiger partial charge is 0.123 e. The maximum Gasteiger partial charge on any atom is 0.123 e. The number of aryl methyl sites for hydroxylation is 2. The summed E-state index contributed by atoms with van der Waals surface area (Å²) in [7, 11) is 0. The van der Waals surface area contributed by atoms with E-state index in [-0.39, 0.29) is 6.10 Å². The highest BCUT2D eigenvalue weighted by Crippen LogP contribution is 2.40. The lowest BCUT2D eigenvalue weighted by Gasteiger charge is -2.19. The Labute approximate surface area is 168 Å². The highest BCUT2D eigenvalue weighted by atomic mass is 16.5. The molecule has 0 unspecified atom stereocenters. The van der Waals surface area contributed by atoms with Crippen molar-refractivity contribution in [3.05, 3.63) is 58.8 Å². The van der Waals surface area contributed by atoms with Crippen molar-refractivity contribution < 1.29 is 4.74 Å². The van der Waals surface area contributed by atoms with Crippen molar-refractivity contribution in [2.24, 2.45) is 5.92 Å². The van der Waals surface area contributed by atoms with Crippen LogP contribution in [0.2, 0.25) is 0 Å². The molecular formula is C23H32N4O. The van der Waals surface area contributed by atoms with E-state index in [4.69, 9.17) is 10.5 Å². The second-order valence-corrected chi connectivity index (χ2v) is 8.41. The molecule has 28 heavy (non-hydrogen) atoms. The summed E-state index contributed by atoms with van der Waals surface area (Å²) in [5.41, 5.74) is 10.9. The van der Waals surface area contributed by atoms with Crippen molar-refractivity contribution in [3.63, 3.8) is 0 Å². The summed E-state index contributed by atoms with van der Waals surface area (Å²) in [6.07, 6.45) is 2.39. The Hall–Kier alpha value is -1.95. The van der Waals surface area contributed by atoms with Gasteiger partial charge in [0.1, 0.15) is 5.82 Å². The second-order valence-electron chi connectivity index (χ2n) is 8.41. The molecule has 0 amide bonds. The lowest BCUT2D eigenvalue weighted by Crippen LogP contribution is -2.30. The Balaban J connectivity index is 1.20. The van der Waals surface area contributed by atoms with Crippen LogP contribution in [0.1, 0.15) is 34.7 Å². The van der Waals surface area contributed by atoms with E-state index in [0.29, 0.717) is 23.7 Å². The van der Waals surface area contributed by atoms with Gasteiger partial charge in [0.25, 0.3) is 0 Å². The third-order valence-electron chi connectivity index (χ3n) is 5.89. The van der Waals surface area contributed by atoms with Crippen molar-refractivity contribution >= 4 is 5.82 Å². The van der Waals surface area contributed by atoms with Crippen LogP contribution in [-0.2, 0) is 11.2 Å². The molecule has 5 nitrogen and oxygen atoms in total. The molecule has 1 saturated heterocycles. The number of nitrogen functional groups attached to an aromatic ring is 1. The van der Waals surface area contributed by atoms with Crippen LogP contribution in [0.5, 0.6) is 0 Å². The summed E-state index contributed by atoms with van der Waals surface area (Å²) < 4.78 is 6.20. The molecule has 1 aliphatic heterocycles. The van der Waals surface area contributed by atoms with Gasteiger partial charge in [0, 0.05) is 43.2 Å². The minimum atomic E-state index is 0.247. The number of aromatic nitrogens is 1. The lowest BCUT2D eigenvalue weighted by atomic mass is 9.99. The van der Waals surface area contributed by atoms with Gasteiger partial charge in [-0.1, -0.05) is 29.8 Å². The summed E-state index contributed by atoms with van der Waals surface area (Å²) in [5.74, 6) is 1.73. The van der Waals surface area contributed by atoms with E-state index in [9.17, 15) is 0 Å². The molecule has 1 aromatic heterocycles. The summed E-state index contributed by atoms with van der Waals surface area (Å²) >= 11 is 0. The molecule has 4 N–H and O–H groups in total. The van der Waals surface area contributed by atoms with Crippen LogP contribution in [0.25, 0.3) is 0 Å². The van der Waals surface area contributed by atoms with E-state index in [2.05, 4.69) is 59.8 Å². The van der Waals surface area contributed by atoms with Crippen molar-refractivity contribution in [2.45, 2.75) is 44.8 Å². The predicted octanol–water partition coefficient (Wildman–Crippen LogP) is 2.57. The van der Waals surface area contributed by atoms with E-state index in [1.54, 1.807) is 0 Å². The predicted molar refractivity (Wildman–Crippen MR) is 114 cm³/mol. The minimum absolute atomic E-state index is 0.247. The molecule has 1 saturated carbocycles. The Bertz CT molecular complexity index is 789. The first-order valence-corrected chi connectivity index (χ1v) is 10.4. The molecule has 4 rings (SSSR count). The van der Waals surface area contributed by atoms with Crippen LogP contribution in [0.15, 0.2) is 36.4 Å². The fourth-order valence-corrected chi connectivity index (χ4v) is 4.39. The molecule has 2 heterocycles. The number of hydrogen-bond acceptors (Lipinski definition) is 5. The molecule has 0 spiro atoms. The summed E-state index contributed by atoms with van der Waals surface area (Å²) in [6.45, 7) is 7.78. The molecule has 5 heteroatoms. The van der Waals surface area contributed by atoms with E-state index in [0.717, 1.165) is 38.4 Å². The van der Waals surface area contributed by atoms with Gasteiger partial charge in [0.05, 0.1) is 12.7 Å². The van der Waals surface area contributed by atoms with E-state index < -0.39 is 0 Å². The molecule has 1 aromatic carbocycles. The van der Waals surface area contributed by atoms with Gasteiger partial charge in [0.2, 0.25) is 0 Å². The number of rotatable bonds is 8. The fourth-order valence-electron chi connectivity index (χ4n) is 4.39. The normalized spacial score (nSPS) is 26.5. The number of ether oxygens (including phenoxy) is 1. The lowest BCUT2D eigenvalue weighted by molar-refractivity contribution is 0.0394. The van der Waals surface area contributed by atoms with Crippen LogP contribution in [0, 0.1) is 19.8 Å². The third-order valence-corrected chi connectivity index (χ3v) is 5.89. The molecule has 0 radical (unpaired) electrons. The topological polar surface area (TPSA) is 72.2 Å². The maximum atomic E-state index is 6.20. The number of hydrogen-bond donors (Lipinski definition) is 3. The third kappa shape index (κ3) is 4.90. The van der Waals surface area contributed by atoms with Crippen molar-refractivity contribution in [1.29, 1.82) is 0 Å². The highest BCUT2D eigenvalue weighted by molar-refractivity contribution is 5.34. The number of anilines is 1. The van der Waals surface area contributed by atoms with Crippen molar-refractivity contribution in [1.82, 2.24) is 15.6 Å². The number of nitrogens with one attached hydrogen (secondary N) is 2. The summed E-state index contributed by atoms with van der Waals surface area (Å²) in [5, 5.41) is 7.12. The SMILES string of the molecule is Cc1cccc([C@@H]2C[C@H]2NCCO[C@H]2CNC[C@H]2Cc2cc(C)cc(N)n2)c1. The summed E-state index contributed by atoms with van der Waals surface area (Å²) in [4.78, 5) is 4.49. The highest BCUT2D eigenvalue weighted by Gasteiger charge is 2.37. The van der Waals surface area contributed by atoms with Gasteiger partial charge in [-0.3, -0.25) is 0 Å². The first kappa shape index (κ1) is 19.4. The molecular weight excluding hydrogens is 348 g/mol. The van der Waals surface area contributed by atoms with Crippen molar-refractivity contribution in [3.8, 4) is 0 Å². The standard InChI is InChI=1S/C23H32N4O/c1-15-4-3-5-17(8-15)20-12-21(20)26-6-7-28-22-14-25-13-18(22)11-19-9-16(2)10-23(24)27-19/h3-5,8-10,18,20-22,25-26H,6-7,11-14H2,1-2H3,(H2,24,27)/t18-,20+,21-,22+/m1/s1. The fraction of sp³-hybridized carbons (Fsp3) is 0.522. The van der Waals surface area contributed by atoms with E-state index in [1.165, 1.54) is 23.1 Å². The van der Waals surface area contributed by atoms with Crippen LogP contribution >= 0.6 is 0 Å². The molecule has 0 bridgehead atoms. The van der Waals surface area contributed by atoms with Gasteiger partial charge in [-0.2, -0.15) is 0 Å². The zero-order valence-electron chi connectivity index (χ0n) is 16.9. The van der Waals surface area contributed by atoms with Crippen LogP contribution in [0.3, 0.4) is 0 Å². The number of nitrogens with two attached hydrogens (primary N) is 1. The average molecular weight is 381 g/mol. The van der Waals surface area contributed by atoms with Crippen LogP contribution in [0.4, 0.5) is 5.82 Å². The molecule has 150 valence electrons. The molecule has 2 fully saturated rings. The minimum Gasteiger partial charge on any atom is -0.384 e. The zero-order valence-corrected chi connectivity index (χ0v) is 16.9. The monoisotopic (exact) mass is 380 g/mol. The quantitative estimate of drug-likeness (QED) is 0.614. The number of pyridine rings is 1. The first-order chi connectivity index (χ1) is 13.6. The van der Waals surface area contributed by atoms with Crippen molar-refractivity contribution in [2.75, 3.05) is 32.0 Å². The maximum absolute atomic E-state index is 6.20. The van der Waals surface area contributed by atoms with Gasteiger partial charge >= 0.3 is 0 Å². The van der Waals surface area contributed by atoms with E-state index >= 15 is 0 Å². The van der Waals surface area contributed by atoms with E-state index in [1.807, 2.05) is 6.07 Å². The van der Waals surface area contributed by atoms with Crippen LogP contribution in [-0.4, -0.2) is 43.4 Å². The Kier molecular flexibility index (Phi) is 5.95. The van der Waals surface area contributed by atoms with Gasteiger partial charge in [-0.05, 0) is 49.9 Å².